The molecule has 2 aromatic rings. The van der Waals surface area contributed by atoms with Gasteiger partial charge < -0.3 is 0 Å². The molecule has 0 aliphatic heterocycles. The molecule has 0 unspecified atom stereocenters. The molecule has 0 bridgehead atoms. The zero-order valence-electron chi connectivity index (χ0n) is 8.67. The Morgan fingerprint density at radius 2 is 1.72 bits per heavy atom. The van der Waals surface area contributed by atoms with Crippen molar-refractivity contribution in [3.05, 3.63) is 43.7 Å². The van der Waals surface area contributed by atoms with E-state index >= 15 is 0 Å². The molecule has 0 radical (unpaired) electrons. The van der Waals surface area contributed by atoms with Crippen molar-refractivity contribution in [1.82, 2.24) is 9.97 Å². The zero-order valence-corrected chi connectivity index (χ0v) is 12.3. The lowest BCUT2D eigenvalue weighted by atomic mass is 10.1. The van der Waals surface area contributed by atoms with Gasteiger partial charge in [0.1, 0.15) is 10.3 Å². The summed E-state index contributed by atoms with van der Waals surface area (Å²) in [6.45, 7) is 0. The summed E-state index contributed by atoms with van der Waals surface area (Å²) in [5, 5.41) is 0.404. The quantitative estimate of drug-likeness (QED) is 0.524. The standard InChI is InChI=1S/C11H5Cl2F2IN2/c12-8-7(16)9(13)18-11(17-8)6-3-1-2-5(4-6)10(14)15/h1-4,10H. The number of rotatable bonds is 2. The highest BCUT2D eigenvalue weighted by Crippen LogP contribution is 2.28. The molecular weight excluding hydrogens is 396 g/mol. The van der Waals surface area contributed by atoms with E-state index in [0.29, 0.717) is 9.13 Å². The first-order valence-electron chi connectivity index (χ1n) is 4.76. The van der Waals surface area contributed by atoms with Crippen LogP contribution >= 0.6 is 45.8 Å². The molecule has 0 amide bonds. The van der Waals surface area contributed by atoms with Crippen LogP contribution in [0.2, 0.25) is 10.3 Å². The van der Waals surface area contributed by atoms with E-state index in [4.69, 9.17) is 23.2 Å². The largest absolute Gasteiger partial charge is 0.263 e. The molecule has 0 saturated carbocycles. The lowest BCUT2D eigenvalue weighted by Gasteiger charge is -2.05. The highest BCUT2D eigenvalue weighted by molar-refractivity contribution is 14.1. The van der Waals surface area contributed by atoms with Gasteiger partial charge in [-0.2, -0.15) is 0 Å². The smallest absolute Gasteiger partial charge is 0.215 e. The number of hydrogen-bond donors (Lipinski definition) is 0. The first kappa shape index (κ1) is 13.9. The van der Waals surface area contributed by atoms with Crippen molar-refractivity contribution in [3.8, 4) is 11.4 Å². The first-order valence-corrected chi connectivity index (χ1v) is 6.59. The summed E-state index contributed by atoms with van der Waals surface area (Å²) in [5.74, 6) is 0.230. The molecule has 0 fully saturated rings. The highest BCUT2D eigenvalue weighted by Gasteiger charge is 2.13. The van der Waals surface area contributed by atoms with Crippen LogP contribution in [0.5, 0.6) is 0 Å². The molecule has 7 heteroatoms. The van der Waals surface area contributed by atoms with E-state index in [2.05, 4.69) is 9.97 Å². The van der Waals surface area contributed by atoms with E-state index in [1.54, 1.807) is 6.07 Å². The maximum atomic E-state index is 12.6. The van der Waals surface area contributed by atoms with Crippen LogP contribution in [-0.2, 0) is 0 Å². The number of aromatic nitrogens is 2. The van der Waals surface area contributed by atoms with E-state index in [0.717, 1.165) is 0 Å². The van der Waals surface area contributed by atoms with Gasteiger partial charge in [0, 0.05) is 11.1 Å². The Labute approximate surface area is 125 Å². The summed E-state index contributed by atoms with van der Waals surface area (Å²) in [6, 6.07) is 5.80. The monoisotopic (exact) mass is 400 g/mol. The van der Waals surface area contributed by atoms with Crippen LogP contribution in [0.25, 0.3) is 11.4 Å². The maximum absolute atomic E-state index is 12.6. The number of alkyl halides is 2. The van der Waals surface area contributed by atoms with Crippen molar-refractivity contribution in [2.24, 2.45) is 0 Å². The highest BCUT2D eigenvalue weighted by atomic mass is 127. The van der Waals surface area contributed by atoms with Gasteiger partial charge in [0.2, 0.25) is 0 Å². The number of nitrogens with zero attached hydrogens (tertiary/aromatic N) is 2. The van der Waals surface area contributed by atoms with Crippen LogP contribution in [0.15, 0.2) is 24.3 Å². The SMILES string of the molecule is FC(F)c1cccc(-c2nc(Cl)c(I)c(Cl)n2)c1. The van der Waals surface area contributed by atoms with Gasteiger partial charge in [-0.05, 0) is 28.7 Å². The van der Waals surface area contributed by atoms with Gasteiger partial charge in [-0.15, -0.1) is 0 Å². The van der Waals surface area contributed by atoms with E-state index in [1.807, 2.05) is 22.6 Å². The fraction of sp³-hybridized carbons (Fsp3) is 0.0909. The third-order valence-corrected chi connectivity index (χ3v) is 4.37. The molecule has 2 nitrogen and oxygen atoms in total. The molecule has 0 aliphatic rings. The molecule has 0 N–H and O–H groups in total. The first-order chi connectivity index (χ1) is 8.49. The Kier molecular flexibility index (Phi) is 4.34. The lowest BCUT2D eigenvalue weighted by Crippen LogP contribution is -1.95. The number of halogens is 5. The fourth-order valence-corrected chi connectivity index (χ4v) is 1.97. The van der Waals surface area contributed by atoms with Crippen LogP contribution in [0.1, 0.15) is 12.0 Å². The fourth-order valence-electron chi connectivity index (χ4n) is 1.34. The summed E-state index contributed by atoms with van der Waals surface area (Å²) in [4.78, 5) is 8.04. The Hall–Kier alpha value is -0.530. The molecule has 0 saturated heterocycles. The second-order valence-corrected chi connectivity index (χ2v) is 5.16. The average Bonchev–Trinajstić information content (AvgIpc) is 2.35. The van der Waals surface area contributed by atoms with Crippen molar-refractivity contribution in [2.45, 2.75) is 6.43 Å². The minimum absolute atomic E-state index is 0.0955. The predicted octanol–water partition coefficient (Wildman–Crippen LogP) is 4.99. The van der Waals surface area contributed by atoms with Crippen LogP contribution in [0, 0.1) is 3.57 Å². The maximum Gasteiger partial charge on any atom is 0.263 e. The van der Waals surface area contributed by atoms with E-state index in [-0.39, 0.29) is 21.7 Å². The Balaban J connectivity index is 2.52. The van der Waals surface area contributed by atoms with Gasteiger partial charge >= 0.3 is 0 Å². The van der Waals surface area contributed by atoms with Crippen molar-refractivity contribution in [2.75, 3.05) is 0 Å². The zero-order chi connectivity index (χ0) is 13.3. The molecule has 1 aromatic carbocycles. The molecule has 0 aliphatic carbocycles. The average molecular weight is 401 g/mol. The van der Waals surface area contributed by atoms with Crippen molar-refractivity contribution in [3.63, 3.8) is 0 Å². The molecule has 2 rings (SSSR count). The van der Waals surface area contributed by atoms with Crippen LogP contribution in [0.4, 0.5) is 8.78 Å². The van der Waals surface area contributed by atoms with E-state index in [9.17, 15) is 8.78 Å². The van der Waals surface area contributed by atoms with Crippen LogP contribution < -0.4 is 0 Å². The van der Waals surface area contributed by atoms with Gasteiger partial charge in [0.05, 0.1) is 3.57 Å². The summed E-state index contributed by atoms with van der Waals surface area (Å²) >= 11 is 13.7. The Morgan fingerprint density at radius 1 is 1.11 bits per heavy atom. The van der Waals surface area contributed by atoms with Crippen molar-refractivity contribution in [1.29, 1.82) is 0 Å². The second-order valence-electron chi connectivity index (χ2n) is 3.37. The molecule has 1 heterocycles. The van der Waals surface area contributed by atoms with E-state index < -0.39 is 6.43 Å². The van der Waals surface area contributed by atoms with Gasteiger partial charge in [-0.1, -0.05) is 41.4 Å². The summed E-state index contributed by atoms with van der Waals surface area (Å²) in [5.41, 5.74) is 0.356. The topological polar surface area (TPSA) is 25.8 Å². The second kappa shape index (κ2) is 5.63. The van der Waals surface area contributed by atoms with Gasteiger partial charge in [0.25, 0.3) is 6.43 Å². The number of hydrogen-bond acceptors (Lipinski definition) is 2. The van der Waals surface area contributed by atoms with Gasteiger partial charge in [-0.3, -0.25) is 0 Å². The summed E-state index contributed by atoms with van der Waals surface area (Å²) in [6.07, 6.45) is -2.54. The lowest BCUT2D eigenvalue weighted by molar-refractivity contribution is 0.151. The molecule has 18 heavy (non-hydrogen) atoms. The summed E-state index contributed by atoms with van der Waals surface area (Å²) < 4.78 is 25.7. The molecular formula is C11H5Cl2F2IN2. The molecule has 0 atom stereocenters. The van der Waals surface area contributed by atoms with Crippen molar-refractivity contribution >= 4 is 45.8 Å². The molecule has 0 spiro atoms. The third kappa shape index (κ3) is 2.89. The predicted molar refractivity (Wildman–Crippen MR) is 75.2 cm³/mol. The number of benzene rings is 1. The third-order valence-electron chi connectivity index (χ3n) is 2.17. The van der Waals surface area contributed by atoms with Crippen LogP contribution in [-0.4, -0.2) is 9.97 Å². The normalized spacial score (nSPS) is 11.0. The molecule has 1 aromatic heterocycles. The summed E-state index contributed by atoms with van der Waals surface area (Å²) in [7, 11) is 0. The van der Waals surface area contributed by atoms with E-state index in [1.165, 1.54) is 18.2 Å². The molecule has 94 valence electrons. The van der Waals surface area contributed by atoms with Gasteiger partial charge in [-0.25, -0.2) is 18.7 Å². The van der Waals surface area contributed by atoms with Gasteiger partial charge in [0.15, 0.2) is 5.82 Å². The Morgan fingerprint density at radius 3 is 2.28 bits per heavy atom. The van der Waals surface area contributed by atoms with Crippen molar-refractivity contribution < 1.29 is 8.78 Å². The Bertz CT molecular complexity index is 570. The minimum atomic E-state index is -2.54. The minimum Gasteiger partial charge on any atom is -0.215 e. The van der Waals surface area contributed by atoms with Crippen LogP contribution in [0.3, 0.4) is 0 Å².